The molecule has 0 rings (SSSR count). The second kappa shape index (κ2) is 9.92. The van der Waals surface area contributed by atoms with Gasteiger partial charge in [0.15, 0.2) is 0 Å². The minimum absolute atomic E-state index is 0.167. The molecule has 0 aliphatic rings. The largest absolute Gasteiger partial charge is 0.424 e. The van der Waals surface area contributed by atoms with E-state index in [2.05, 4.69) is 4.74 Å². The number of carbonyl (C=O) groups excluding carboxylic acids is 1. The molecule has 0 saturated heterocycles. The number of carbonyl (C=O) groups is 1. The molecular weight excluding hydrogens is 516 g/mol. The second-order valence-corrected chi connectivity index (χ2v) is 6.54. The summed E-state index contributed by atoms with van der Waals surface area (Å²) in [6.07, 6.45) is -16.7. The number of halogens is 16. The van der Waals surface area contributed by atoms with E-state index in [-0.39, 0.29) is 12.8 Å². The molecule has 0 aliphatic heterocycles. The molecule has 0 spiro atoms. The van der Waals surface area contributed by atoms with E-state index in [1.54, 1.807) is 0 Å². The molecule has 198 valence electrons. The van der Waals surface area contributed by atoms with Gasteiger partial charge >= 0.3 is 47.9 Å². The molecule has 0 saturated carbocycles. The Morgan fingerprint density at radius 3 is 1.42 bits per heavy atom. The quantitative estimate of drug-likeness (QED) is 0.149. The topological polar surface area (TPSA) is 26.3 Å². The highest BCUT2D eigenvalue weighted by molar-refractivity contribution is 5.69. The van der Waals surface area contributed by atoms with Crippen LogP contribution in [0.4, 0.5) is 70.2 Å². The number of unbranched alkanes of at least 4 members (excludes halogenated alkanes) is 2. The molecule has 0 aromatic carbocycles. The van der Waals surface area contributed by atoms with Gasteiger partial charge in [-0.25, -0.2) is 13.2 Å². The first-order valence-electron chi connectivity index (χ1n) is 8.51. The summed E-state index contributed by atoms with van der Waals surface area (Å²) >= 11 is 0. The van der Waals surface area contributed by atoms with E-state index in [9.17, 15) is 75.0 Å². The summed E-state index contributed by atoms with van der Waals surface area (Å²) in [5.41, 5.74) is 0. The van der Waals surface area contributed by atoms with E-state index in [1.807, 2.05) is 0 Å². The van der Waals surface area contributed by atoms with E-state index >= 15 is 0 Å². The molecule has 0 aromatic rings. The molecule has 2 unspecified atom stereocenters. The van der Waals surface area contributed by atoms with Crippen molar-refractivity contribution in [2.45, 2.75) is 87.1 Å². The van der Waals surface area contributed by atoms with Crippen molar-refractivity contribution in [3.63, 3.8) is 0 Å². The van der Waals surface area contributed by atoms with Crippen LogP contribution in [0.3, 0.4) is 0 Å². The lowest BCUT2D eigenvalue weighted by Gasteiger charge is -2.41. The molecule has 0 N–H and O–H groups in total. The molecule has 0 bridgehead atoms. The SMILES string of the molecule is CCCCCC(=O)OC(F)C(F)(F)C(F)(F)C(F)(F)C(F)(F)C(F)(F)C(F)(F)C(F)C(F)F. The standard InChI is InChI=1S/C15H14F16O2/c1-2-3-4-5-6(32)33-9(19)11(22,23)13(26,27)15(30,31)14(28,29)12(24,25)10(20,21)7(16)8(17)18/h7-9H,2-5H2,1H3. The number of rotatable bonds is 13. The van der Waals surface area contributed by atoms with Crippen LogP contribution in [0.5, 0.6) is 0 Å². The molecule has 0 radical (unpaired) electrons. The van der Waals surface area contributed by atoms with Gasteiger partial charge in [-0.1, -0.05) is 19.8 Å². The maximum Gasteiger partial charge on any atom is 0.385 e. The van der Waals surface area contributed by atoms with Crippen LogP contribution in [-0.4, -0.2) is 60.5 Å². The monoisotopic (exact) mass is 530 g/mol. The van der Waals surface area contributed by atoms with Crippen molar-refractivity contribution < 1.29 is 79.8 Å². The fourth-order valence-electron chi connectivity index (χ4n) is 2.05. The summed E-state index contributed by atoms with van der Waals surface area (Å²) in [7, 11) is 0. The Balaban J connectivity index is 6.18. The van der Waals surface area contributed by atoms with Gasteiger partial charge < -0.3 is 4.74 Å². The van der Waals surface area contributed by atoms with Crippen molar-refractivity contribution >= 4 is 5.97 Å². The third-order valence-corrected chi connectivity index (χ3v) is 4.09. The van der Waals surface area contributed by atoms with Crippen LogP contribution in [0.25, 0.3) is 0 Å². The van der Waals surface area contributed by atoms with E-state index in [1.165, 1.54) is 6.92 Å². The number of esters is 1. The average Bonchev–Trinajstić information content (AvgIpc) is 2.66. The lowest BCUT2D eigenvalue weighted by molar-refractivity contribution is -0.440. The second-order valence-electron chi connectivity index (χ2n) is 6.54. The number of hydrogen-bond donors (Lipinski definition) is 0. The molecule has 0 aliphatic carbocycles. The molecule has 18 heteroatoms. The zero-order valence-corrected chi connectivity index (χ0v) is 15.9. The molecular formula is C15H14F16O2. The molecule has 2 nitrogen and oxygen atoms in total. The maximum atomic E-state index is 13.5. The Bertz CT molecular complexity index is 662. The summed E-state index contributed by atoms with van der Waals surface area (Å²) in [5.74, 6) is -49.7. The first kappa shape index (κ1) is 31.4. The molecule has 0 fully saturated rings. The fraction of sp³-hybridized carbons (Fsp3) is 0.933. The van der Waals surface area contributed by atoms with Gasteiger partial charge in [-0.05, 0) is 6.42 Å². The van der Waals surface area contributed by atoms with Gasteiger partial charge in [0.2, 0.25) is 6.17 Å². The molecule has 0 heterocycles. The first-order chi connectivity index (χ1) is 14.5. The van der Waals surface area contributed by atoms with E-state index in [4.69, 9.17) is 0 Å². The van der Waals surface area contributed by atoms with Crippen molar-refractivity contribution in [3.8, 4) is 0 Å². The highest BCUT2D eigenvalue weighted by Gasteiger charge is 2.92. The fourth-order valence-corrected chi connectivity index (χ4v) is 2.05. The molecule has 33 heavy (non-hydrogen) atoms. The summed E-state index contributed by atoms with van der Waals surface area (Å²) in [5, 5.41) is 0. The van der Waals surface area contributed by atoms with Gasteiger partial charge in [-0.3, -0.25) is 4.79 Å². The lowest BCUT2D eigenvalue weighted by Crippen LogP contribution is -2.73. The number of ether oxygens (including phenoxy) is 1. The summed E-state index contributed by atoms with van der Waals surface area (Å²) in [6, 6.07) is 0. The van der Waals surface area contributed by atoms with Crippen LogP contribution in [-0.2, 0) is 9.53 Å². The smallest absolute Gasteiger partial charge is 0.385 e. The maximum absolute atomic E-state index is 13.5. The number of hydrogen-bond acceptors (Lipinski definition) is 2. The predicted octanol–water partition coefficient (Wildman–Crippen LogP) is 6.82. The molecule has 0 aromatic heterocycles. The Labute approximate surface area is 174 Å². The van der Waals surface area contributed by atoms with Crippen LogP contribution in [0.2, 0.25) is 0 Å². The number of alkyl halides is 16. The van der Waals surface area contributed by atoms with Crippen LogP contribution < -0.4 is 0 Å². The third-order valence-electron chi connectivity index (χ3n) is 4.09. The summed E-state index contributed by atoms with van der Waals surface area (Å²) in [4.78, 5) is 11.1. The van der Waals surface area contributed by atoms with Crippen LogP contribution in [0.1, 0.15) is 32.6 Å². The molecule has 2 atom stereocenters. The van der Waals surface area contributed by atoms with E-state index < -0.39 is 66.9 Å². The van der Waals surface area contributed by atoms with Crippen molar-refractivity contribution in [2.75, 3.05) is 0 Å². The summed E-state index contributed by atoms with van der Waals surface area (Å²) < 4.78 is 213. The van der Waals surface area contributed by atoms with Crippen molar-refractivity contribution in [2.24, 2.45) is 0 Å². The lowest BCUT2D eigenvalue weighted by atomic mass is 9.90. The Morgan fingerprint density at radius 1 is 0.667 bits per heavy atom. The third kappa shape index (κ3) is 5.22. The van der Waals surface area contributed by atoms with Crippen LogP contribution in [0, 0.1) is 0 Å². The van der Waals surface area contributed by atoms with Crippen molar-refractivity contribution in [1.82, 2.24) is 0 Å². The van der Waals surface area contributed by atoms with Gasteiger partial charge in [0.05, 0.1) is 0 Å². The highest BCUT2D eigenvalue weighted by Crippen LogP contribution is 2.61. The van der Waals surface area contributed by atoms with Gasteiger partial charge in [0.1, 0.15) is 0 Å². The van der Waals surface area contributed by atoms with Gasteiger partial charge in [0.25, 0.3) is 6.43 Å². The normalized spacial score (nSPS) is 16.7. The Kier molecular flexibility index (Phi) is 9.42. The minimum atomic E-state index is -8.37. The zero-order chi connectivity index (χ0) is 26.8. The zero-order valence-electron chi connectivity index (χ0n) is 15.9. The first-order valence-corrected chi connectivity index (χ1v) is 8.51. The van der Waals surface area contributed by atoms with E-state index in [0.29, 0.717) is 6.42 Å². The highest BCUT2D eigenvalue weighted by atomic mass is 19.4. The Hall–Kier alpha value is -1.65. The Morgan fingerprint density at radius 2 is 1.06 bits per heavy atom. The van der Waals surface area contributed by atoms with Crippen molar-refractivity contribution in [3.05, 3.63) is 0 Å². The van der Waals surface area contributed by atoms with Crippen molar-refractivity contribution in [1.29, 1.82) is 0 Å². The van der Waals surface area contributed by atoms with Gasteiger partial charge in [-0.15, -0.1) is 0 Å². The van der Waals surface area contributed by atoms with Gasteiger partial charge in [0, 0.05) is 6.42 Å². The van der Waals surface area contributed by atoms with Crippen LogP contribution >= 0.6 is 0 Å². The van der Waals surface area contributed by atoms with Crippen LogP contribution in [0.15, 0.2) is 0 Å². The average molecular weight is 530 g/mol. The minimum Gasteiger partial charge on any atom is -0.424 e. The predicted molar refractivity (Wildman–Crippen MR) is 75.7 cm³/mol. The van der Waals surface area contributed by atoms with E-state index in [0.717, 1.165) is 0 Å². The van der Waals surface area contributed by atoms with Gasteiger partial charge in [-0.2, -0.15) is 57.1 Å². The summed E-state index contributed by atoms with van der Waals surface area (Å²) in [6.45, 7) is 1.53. The molecule has 0 amide bonds.